The van der Waals surface area contributed by atoms with Gasteiger partial charge in [0.05, 0.1) is 23.7 Å². The van der Waals surface area contributed by atoms with Crippen LogP contribution < -0.4 is 4.74 Å². The molecule has 1 aromatic heterocycles. The van der Waals surface area contributed by atoms with Gasteiger partial charge in [-0.15, -0.1) is 0 Å². The van der Waals surface area contributed by atoms with Crippen LogP contribution in [-0.2, 0) is 17.9 Å². The van der Waals surface area contributed by atoms with Gasteiger partial charge in [0.15, 0.2) is 0 Å². The number of rotatable bonds is 7. The summed E-state index contributed by atoms with van der Waals surface area (Å²) in [7, 11) is 1.38. The highest BCUT2D eigenvalue weighted by Gasteiger charge is 2.16. The average molecular weight is 449 g/mol. The Bertz CT molecular complexity index is 1410. The molecular weight excluding hydrogens is 424 g/mol. The molecule has 0 atom stereocenters. The lowest BCUT2D eigenvalue weighted by atomic mass is 10.1. The van der Waals surface area contributed by atoms with Gasteiger partial charge in [0.2, 0.25) is 0 Å². The molecule has 0 radical (unpaired) electrons. The molecule has 0 aliphatic rings. The number of ether oxygens (including phenoxy) is 2. The van der Waals surface area contributed by atoms with Crippen molar-refractivity contribution in [3.8, 4) is 17.1 Å². The molecule has 5 nitrogen and oxygen atoms in total. The summed E-state index contributed by atoms with van der Waals surface area (Å²) in [5, 5.41) is 0. The first-order valence-electron chi connectivity index (χ1n) is 11.1. The van der Waals surface area contributed by atoms with E-state index in [4.69, 9.17) is 14.5 Å². The van der Waals surface area contributed by atoms with Crippen LogP contribution >= 0.6 is 0 Å². The van der Waals surface area contributed by atoms with Crippen molar-refractivity contribution in [3.63, 3.8) is 0 Å². The molecule has 0 saturated heterocycles. The summed E-state index contributed by atoms with van der Waals surface area (Å²) >= 11 is 0. The number of carbonyl (C=O) groups is 1. The van der Waals surface area contributed by atoms with Crippen molar-refractivity contribution in [1.82, 2.24) is 9.55 Å². The molecule has 34 heavy (non-hydrogen) atoms. The summed E-state index contributed by atoms with van der Waals surface area (Å²) in [4.78, 5) is 16.9. The molecule has 5 rings (SSSR count). The van der Waals surface area contributed by atoms with E-state index >= 15 is 0 Å². The number of nitrogens with zero attached hydrogens (tertiary/aromatic N) is 2. The van der Waals surface area contributed by atoms with Gasteiger partial charge in [-0.2, -0.15) is 0 Å². The van der Waals surface area contributed by atoms with E-state index in [-0.39, 0.29) is 5.97 Å². The molecule has 4 aromatic carbocycles. The highest BCUT2D eigenvalue weighted by Crippen LogP contribution is 2.28. The van der Waals surface area contributed by atoms with Crippen molar-refractivity contribution >= 4 is 17.0 Å². The molecule has 0 amide bonds. The zero-order valence-electron chi connectivity index (χ0n) is 18.8. The Kier molecular flexibility index (Phi) is 6.08. The molecule has 5 aromatic rings. The number of esters is 1. The lowest BCUT2D eigenvalue weighted by molar-refractivity contribution is 0.0601. The van der Waals surface area contributed by atoms with E-state index < -0.39 is 0 Å². The lowest BCUT2D eigenvalue weighted by Crippen LogP contribution is -2.03. The van der Waals surface area contributed by atoms with Crippen LogP contribution in [0.1, 0.15) is 21.5 Å². The SMILES string of the molecule is COC(=O)c1ccc2c(c1)nc(-c1ccc(OCc3ccccc3)cc1)n2Cc1ccccc1. The smallest absolute Gasteiger partial charge is 0.337 e. The van der Waals surface area contributed by atoms with Crippen LogP contribution in [0.25, 0.3) is 22.4 Å². The Balaban J connectivity index is 1.49. The maximum Gasteiger partial charge on any atom is 0.337 e. The first-order valence-corrected chi connectivity index (χ1v) is 11.1. The summed E-state index contributed by atoms with van der Waals surface area (Å²) in [6.45, 7) is 1.18. The maximum absolute atomic E-state index is 12.0. The standard InChI is InChI=1S/C29H24N2O3/c1-33-29(32)24-14-17-27-26(18-24)30-28(31(27)19-21-8-4-2-5-9-21)23-12-15-25(16-13-23)34-20-22-10-6-3-7-11-22/h2-18H,19-20H2,1H3. The van der Waals surface area contributed by atoms with Gasteiger partial charge in [0.25, 0.3) is 0 Å². The Hall–Kier alpha value is -4.38. The van der Waals surface area contributed by atoms with Gasteiger partial charge in [-0.05, 0) is 53.6 Å². The molecule has 0 fully saturated rings. The minimum atomic E-state index is -0.374. The van der Waals surface area contributed by atoms with Gasteiger partial charge in [0.1, 0.15) is 18.2 Å². The molecule has 0 aliphatic carbocycles. The topological polar surface area (TPSA) is 53.4 Å². The number of fused-ring (bicyclic) bond motifs is 1. The first-order chi connectivity index (χ1) is 16.7. The number of imidazole rings is 1. The second-order valence-corrected chi connectivity index (χ2v) is 8.00. The quantitative estimate of drug-likeness (QED) is 0.282. The van der Waals surface area contributed by atoms with E-state index in [2.05, 4.69) is 16.7 Å². The first kappa shape index (κ1) is 21.5. The number of hydrogen-bond acceptors (Lipinski definition) is 4. The van der Waals surface area contributed by atoms with Gasteiger partial charge in [-0.1, -0.05) is 60.7 Å². The van der Waals surface area contributed by atoms with Crippen molar-refractivity contribution < 1.29 is 14.3 Å². The number of carbonyl (C=O) groups excluding carboxylic acids is 1. The van der Waals surface area contributed by atoms with E-state index in [0.29, 0.717) is 18.7 Å². The van der Waals surface area contributed by atoms with E-state index in [9.17, 15) is 4.79 Å². The molecule has 0 aliphatic heterocycles. The highest BCUT2D eigenvalue weighted by molar-refractivity contribution is 5.94. The predicted molar refractivity (Wildman–Crippen MR) is 133 cm³/mol. The fourth-order valence-corrected chi connectivity index (χ4v) is 3.96. The highest BCUT2D eigenvalue weighted by atomic mass is 16.5. The molecule has 0 saturated carbocycles. The number of benzene rings is 4. The molecule has 168 valence electrons. The zero-order valence-corrected chi connectivity index (χ0v) is 18.8. The Labute approximate surface area is 198 Å². The summed E-state index contributed by atoms with van der Waals surface area (Å²) in [5.74, 6) is 1.25. The van der Waals surface area contributed by atoms with Crippen LogP contribution in [0.4, 0.5) is 0 Å². The van der Waals surface area contributed by atoms with Crippen LogP contribution in [-0.4, -0.2) is 22.6 Å². The zero-order chi connectivity index (χ0) is 23.3. The maximum atomic E-state index is 12.0. The minimum Gasteiger partial charge on any atom is -0.489 e. The molecule has 5 heteroatoms. The number of aromatic nitrogens is 2. The second-order valence-electron chi connectivity index (χ2n) is 8.00. The third-order valence-electron chi connectivity index (χ3n) is 5.71. The normalized spacial score (nSPS) is 10.9. The molecule has 0 spiro atoms. The molecular formula is C29H24N2O3. The third kappa shape index (κ3) is 4.55. The van der Waals surface area contributed by atoms with Crippen LogP contribution in [0.15, 0.2) is 103 Å². The average Bonchev–Trinajstić information content (AvgIpc) is 3.26. The van der Waals surface area contributed by atoms with E-state index in [1.54, 1.807) is 12.1 Å². The predicted octanol–water partition coefficient (Wildman–Crippen LogP) is 6.12. The van der Waals surface area contributed by atoms with E-state index in [1.807, 2.05) is 78.9 Å². The van der Waals surface area contributed by atoms with Gasteiger partial charge in [0, 0.05) is 12.1 Å². The summed E-state index contributed by atoms with van der Waals surface area (Å²) in [6, 6.07) is 33.8. The van der Waals surface area contributed by atoms with E-state index in [0.717, 1.165) is 33.7 Å². The van der Waals surface area contributed by atoms with Crippen molar-refractivity contribution in [2.24, 2.45) is 0 Å². The van der Waals surface area contributed by atoms with Crippen LogP contribution in [0.2, 0.25) is 0 Å². The molecule has 0 unspecified atom stereocenters. The van der Waals surface area contributed by atoms with Crippen molar-refractivity contribution in [2.45, 2.75) is 13.2 Å². The third-order valence-corrected chi connectivity index (χ3v) is 5.71. The summed E-state index contributed by atoms with van der Waals surface area (Å²) in [5.41, 5.74) is 5.45. The second kappa shape index (κ2) is 9.63. The minimum absolute atomic E-state index is 0.374. The van der Waals surface area contributed by atoms with Gasteiger partial charge < -0.3 is 14.0 Å². The summed E-state index contributed by atoms with van der Waals surface area (Å²) < 4.78 is 13.0. The van der Waals surface area contributed by atoms with Crippen molar-refractivity contribution in [1.29, 1.82) is 0 Å². The fraction of sp³-hybridized carbons (Fsp3) is 0.103. The fourth-order valence-electron chi connectivity index (χ4n) is 3.96. The van der Waals surface area contributed by atoms with Crippen LogP contribution in [0, 0.1) is 0 Å². The van der Waals surface area contributed by atoms with Gasteiger partial charge in [-0.3, -0.25) is 0 Å². The Morgan fingerprint density at radius 2 is 1.50 bits per heavy atom. The molecule has 1 heterocycles. The number of hydrogen-bond donors (Lipinski definition) is 0. The van der Waals surface area contributed by atoms with Crippen molar-refractivity contribution in [2.75, 3.05) is 7.11 Å². The summed E-state index contributed by atoms with van der Waals surface area (Å²) in [6.07, 6.45) is 0. The van der Waals surface area contributed by atoms with Crippen LogP contribution in [0.3, 0.4) is 0 Å². The number of methoxy groups -OCH3 is 1. The monoisotopic (exact) mass is 448 g/mol. The van der Waals surface area contributed by atoms with Crippen molar-refractivity contribution in [3.05, 3.63) is 120 Å². The Morgan fingerprint density at radius 1 is 0.824 bits per heavy atom. The van der Waals surface area contributed by atoms with Crippen LogP contribution in [0.5, 0.6) is 5.75 Å². The van der Waals surface area contributed by atoms with E-state index in [1.165, 1.54) is 12.7 Å². The molecule has 0 N–H and O–H groups in total. The largest absolute Gasteiger partial charge is 0.489 e. The Morgan fingerprint density at radius 3 is 2.18 bits per heavy atom. The molecule has 0 bridgehead atoms. The van der Waals surface area contributed by atoms with Gasteiger partial charge >= 0.3 is 5.97 Å². The van der Waals surface area contributed by atoms with Gasteiger partial charge in [-0.25, -0.2) is 9.78 Å². The lowest BCUT2D eigenvalue weighted by Gasteiger charge is -2.11.